The fraction of sp³-hybridized carbons (Fsp3) is 0.0909. The molecule has 28 heavy (non-hydrogen) atoms. The van der Waals surface area contributed by atoms with Crippen molar-refractivity contribution >= 4 is 34.1 Å². The molecule has 0 aliphatic heterocycles. The van der Waals surface area contributed by atoms with Crippen LogP contribution in [0.15, 0.2) is 78.1 Å². The molecule has 4 aromatic rings. The topological polar surface area (TPSA) is 38.1 Å². The van der Waals surface area contributed by atoms with Crippen LogP contribution in [0.3, 0.4) is 0 Å². The SMILES string of the molecule is CSc1ncc(C(=O)N(C)c2ccc3ccccc3c2)n1-c1ccc(F)cc1. The van der Waals surface area contributed by atoms with Gasteiger partial charge in [-0.25, -0.2) is 9.37 Å². The van der Waals surface area contributed by atoms with Crippen molar-refractivity contribution in [2.75, 3.05) is 18.2 Å². The number of aromatic nitrogens is 2. The Bertz CT molecular complexity index is 1150. The number of nitrogens with zero attached hydrogens (tertiary/aromatic N) is 3. The molecule has 0 aliphatic rings. The Morgan fingerprint density at radius 1 is 1.04 bits per heavy atom. The van der Waals surface area contributed by atoms with Crippen LogP contribution in [0.25, 0.3) is 16.5 Å². The third-order valence-electron chi connectivity index (χ3n) is 4.64. The average molecular weight is 391 g/mol. The summed E-state index contributed by atoms with van der Waals surface area (Å²) in [5.74, 6) is -0.511. The second-order valence-corrected chi connectivity index (χ2v) is 7.11. The molecule has 0 N–H and O–H groups in total. The number of rotatable bonds is 4. The van der Waals surface area contributed by atoms with Crippen molar-refractivity contribution in [3.8, 4) is 5.69 Å². The lowest BCUT2D eigenvalue weighted by atomic mass is 10.1. The number of hydrogen-bond donors (Lipinski definition) is 0. The molecule has 0 saturated heterocycles. The largest absolute Gasteiger partial charge is 0.310 e. The molecular weight excluding hydrogens is 373 g/mol. The van der Waals surface area contributed by atoms with Crippen molar-refractivity contribution in [2.24, 2.45) is 0 Å². The quantitative estimate of drug-likeness (QED) is 0.451. The normalized spacial score (nSPS) is 11.0. The van der Waals surface area contributed by atoms with Crippen molar-refractivity contribution in [2.45, 2.75) is 5.16 Å². The van der Waals surface area contributed by atoms with E-state index in [0.29, 0.717) is 16.5 Å². The zero-order valence-electron chi connectivity index (χ0n) is 15.5. The van der Waals surface area contributed by atoms with E-state index >= 15 is 0 Å². The van der Waals surface area contributed by atoms with Crippen LogP contribution in [0.1, 0.15) is 10.5 Å². The summed E-state index contributed by atoms with van der Waals surface area (Å²) in [6.07, 6.45) is 3.46. The van der Waals surface area contributed by atoms with Crippen LogP contribution in [-0.2, 0) is 0 Å². The first-order valence-electron chi connectivity index (χ1n) is 8.73. The molecule has 4 rings (SSSR count). The Kier molecular flexibility index (Phi) is 4.88. The van der Waals surface area contributed by atoms with Crippen molar-refractivity contribution in [3.05, 3.63) is 84.4 Å². The average Bonchev–Trinajstić information content (AvgIpc) is 3.17. The number of amides is 1. The Balaban J connectivity index is 1.74. The zero-order valence-corrected chi connectivity index (χ0v) is 16.3. The molecule has 0 bridgehead atoms. The Hall–Kier alpha value is -3.12. The van der Waals surface area contributed by atoms with E-state index in [1.54, 1.807) is 34.8 Å². The molecule has 0 aliphatic carbocycles. The first-order valence-corrected chi connectivity index (χ1v) is 9.95. The van der Waals surface area contributed by atoms with E-state index in [4.69, 9.17) is 0 Å². The highest BCUT2D eigenvalue weighted by molar-refractivity contribution is 7.98. The van der Waals surface area contributed by atoms with Gasteiger partial charge in [0.05, 0.1) is 6.20 Å². The van der Waals surface area contributed by atoms with Crippen LogP contribution in [0.4, 0.5) is 10.1 Å². The lowest BCUT2D eigenvalue weighted by molar-refractivity contribution is 0.0986. The summed E-state index contributed by atoms with van der Waals surface area (Å²) in [6.45, 7) is 0. The summed E-state index contributed by atoms with van der Waals surface area (Å²) in [4.78, 5) is 19.2. The van der Waals surface area contributed by atoms with Crippen LogP contribution in [0.2, 0.25) is 0 Å². The van der Waals surface area contributed by atoms with Gasteiger partial charge in [0.1, 0.15) is 11.5 Å². The highest BCUT2D eigenvalue weighted by Crippen LogP contribution is 2.26. The van der Waals surface area contributed by atoms with Gasteiger partial charge in [-0.3, -0.25) is 9.36 Å². The second kappa shape index (κ2) is 7.48. The maximum absolute atomic E-state index is 13.3. The summed E-state index contributed by atoms with van der Waals surface area (Å²) in [6, 6.07) is 20.0. The molecule has 0 radical (unpaired) electrons. The van der Waals surface area contributed by atoms with Crippen molar-refractivity contribution in [1.29, 1.82) is 0 Å². The number of carbonyl (C=O) groups is 1. The predicted octanol–water partition coefficient (Wildman–Crippen LogP) is 5.16. The highest BCUT2D eigenvalue weighted by Gasteiger charge is 2.22. The molecule has 4 nitrogen and oxygen atoms in total. The molecule has 1 heterocycles. The van der Waals surface area contributed by atoms with Gasteiger partial charge in [0.15, 0.2) is 5.16 Å². The number of imidazole rings is 1. The van der Waals surface area contributed by atoms with Gasteiger partial charge in [-0.2, -0.15) is 0 Å². The third-order valence-corrected chi connectivity index (χ3v) is 5.29. The standard InChI is InChI=1S/C22H18FN3OS/c1-25(19-10-7-15-5-3-4-6-16(15)13-19)21(27)20-14-24-22(28-2)26(20)18-11-8-17(23)9-12-18/h3-14H,1-2H3. The number of anilines is 1. The summed E-state index contributed by atoms with van der Waals surface area (Å²) in [7, 11) is 1.74. The fourth-order valence-electron chi connectivity index (χ4n) is 3.14. The van der Waals surface area contributed by atoms with Crippen LogP contribution in [0.5, 0.6) is 0 Å². The maximum Gasteiger partial charge on any atom is 0.276 e. The minimum absolute atomic E-state index is 0.188. The molecule has 0 unspecified atom stereocenters. The summed E-state index contributed by atoms with van der Waals surface area (Å²) < 4.78 is 15.1. The Morgan fingerprint density at radius 3 is 2.46 bits per heavy atom. The van der Waals surface area contributed by atoms with E-state index < -0.39 is 0 Å². The molecule has 6 heteroatoms. The molecule has 0 atom stereocenters. The number of halogens is 1. The van der Waals surface area contributed by atoms with Crippen LogP contribution in [-0.4, -0.2) is 28.8 Å². The lowest BCUT2D eigenvalue weighted by Gasteiger charge is -2.19. The Labute approximate surface area is 166 Å². The maximum atomic E-state index is 13.3. The number of hydrogen-bond acceptors (Lipinski definition) is 3. The molecule has 0 fully saturated rings. The second-order valence-electron chi connectivity index (χ2n) is 6.34. The van der Waals surface area contributed by atoms with E-state index in [0.717, 1.165) is 16.5 Å². The van der Waals surface area contributed by atoms with Gasteiger partial charge in [0, 0.05) is 18.4 Å². The van der Waals surface area contributed by atoms with Crippen LogP contribution in [0, 0.1) is 5.82 Å². The molecule has 3 aromatic carbocycles. The zero-order chi connectivity index (χ0) is 19.7. The number of benzene rings is 3. The summed E-state index contributed by atoms with van der Waals surface area (Å²) >= 11 is 1.43. The molecule has 1 amide bonds. The summed E-state index contributed by atoms with van der Waals surface area (Å²) in [5.41, 5.74) is 1.91. The van der Waals surface area contributed by atoms with Gasteiger partial charge in [0.25, 0.3) is 5.91 Å². The molecule has 140 valence electrons. The van der Waals surface area contributed by atoms with Crippen molar-refractivity contribution in [3.63, 3.8) is 0 Å². The van der Waals surface area contributed by atoms with Crippen molar-refractivity contribution < 1.29 is 9.18 Å². The van der Waals surface area contributed by atoms with Gasteiger partial charge in [-0.1, -0.05) is 42.1 Å². The van der Waals surface area contributed by atoms with E-state index in [9.17, 15) is 9.18 Å². The Morgan fingerprint density at radius 2 is 1.75 bits per heavy atom. The van der Waals surface area contributed by atoms with E-state index in [1.165, 1.54) is 23.9 Å². The highest BCUT2D eigenvalue weighted by atomic mass is 32.2. The summed E-state index contributed by atoms with van der Waals surface area (Å²) in [5, 5.41) is 2.85. The first kappa shape index (κ1) is 18.3. The number of carbonyl (C=O) groups excluding carboxylic acids is 1. The van der Waals surface area contributed by atoms with Crippen LogP contribution < -0.4 is 4.90 Å². The molecule has 0 spiro atoms. The van der Waals surface area contributed by atoms with Gasteiger partial charge in [-0.15, -0.1) is 0 Å². The minimum Gasteiger partial charge on any atom is -0.310 e. The first-order chi connectivity index (χ1) is 13.6. The molecule has 1 aromatic heterocycles. The monoisotopic (exact) mass is 391 g/mol. The van der Waals surface area contributed by atoms with Gasteiger partial charge < -0.3 is 4.90 Å². The smallest absolute Gasteiger partial charge is 0.276 e. The van der Waals surface area contributed by atoms with E-state index in [1.807, 2.05) is 48.7 Å². The van der Waals surface area contributed by atoms with Gasteiger partial charge >= 0.3 is 0 Å². The third kappa shape index (κ3) is 3.27. The fourth-order valence-corrected chi connectivity index (χ4v) is 3.69. The van der Waals surface area contributed by atoms with Gasteiger partial charge in [-0.05, 0) is 53.4 Å². The number of fused-ring (bicyclic) bond motifs is 1. The van der Waals surface area contributed by atoms with Crippen molar-refractivity contribution in [1.82, 2.24) is 9.55 Å². The minimum atomic E-state index is -0.323. The van der Waals surface area contributed by atoms with Gasteiger partial charge in [0.2, 0.25) is 0 Å². The molecular formula is C22H18FN3OS. The van der Waals surface area contributed by atoms with Crippen LogP contribution >= 0.6 is 11.8 Å². The number of thioether (sulfide) groups is 1. The van der Waals surface area contributed by atoms with E-state index in [2.05, 4.69) is 4.98 Å². The lowest BCUT2D eigenvalue weighted by Crippen LogP contribution is -2.28. The predicted molar refractivity (Wildman–Crippen MR) is 112 cm³/mol. The molecule has 0 saturated carbocycles. The van der Waals surface area contributed by atoms with E-state index in [-0.39, 0.29) is 11.7 Å².